The molecule has 0 aliphatic heterocycles. The molecule has 0 aromatic heterocycles. The smallest absolute Gasteiger partial charge is 0.344 e. The molecule has 2 aromatic carbocycles. The molecule has 114 valence electrons. The maximum absolute atomic E-state index is 10.9. The van der Waals surface area contributed by atoms with Crippen LogP contribution in [0, 0.1) is 10.1 Å². The molecular weight excluding hydrogens is 290 g/mol. The number of benzene rings is 2. The van der Waals surface area contributed by atoms with Crippen molar-refractivity contribution < 1.29 is 24.3 Å². The van der Waals surface area contributed by atoms with Crippen molar-refractivity contribution in [3.05, 3.63) is 58.6 Å². The molecule has 0 radical (unpaired) electrons. The van der Waals surface area contributed by atoms with Gasteiger partial charge in [0.25, 0.3) is 0 Å². The van der Waals surface area contributed by atoms with Gasteiger partial charge in [0.05, 0.1) is 4.92 Å². The lowest BCUT2D eigenvalue weighted by Crippen LogP contribution is -2.22. The second-order valence-electron chi connectivity index (χ2n) is 4.40. The van der Waals surface area contributed by atoms with Gasteiger partial charge in [0.1, 0.15) is 11.5 Å². The van der Waals surface area contributed by atoms with Crippen LogP contribution >= 0.6 is 0 Å². The van der Waals surface area contributed by atoms with Crippen LogP contribution in [0.25, 0.3) is 0 Å². The Balaban J connectivity index is 2.12. The van der Waals surface area contributed by atoms with Gasteiger partial charge in [-0.1, -0.05) is 12.1 Å². The van der Waals surface area contributed by atoms with Crippen molar-refractivity contribution in [1.82, 2.24) is 0 Å². The Morgan fingerprint density at radius 1 is 1.14 bits per heavy atom. The lowest BCUT2D eigenvalue weighted by Gasteiger charge is -2.11. The summed E-state index contributed by atoms with van der Waals surface area (Å²) in [5.41, 5.74) is -0.137. The standard InChI is InChI=1S/C15H13NO6/c1-10(15(17)18)21-11-6-8-12(9-7-11)22-14-5-3-2-4-13(14)16(19)20/h2-10H,1H3,(H,17,18). The summed E-state index contributed by atoms with van der Waals surface area (Å²) in [4.78, 5) is 21.1. The lowest BCUT2D eigenvalue weighted by molar-refractivity contribution is -0.385. The highest BCUT2D eigenvalue weighted by Crippen LogP contribution is 2.31. The van der Waals surface area contributed by atoms with Gasteiger partial charge in [-0.25, -0.2) is 4.79 Å². The molecule has 2 rings (SSSR count). The average Bonchev–Trinajstić information content (AvgIpc) is 2.49. The molecule has 0 aliphatic carbocycles. The van der Waals surface area contributed by atoms with E-state index in [2.05, 4.69) is 0 Å². The van der Waals surface area contributed by atoms with Crippen LogP contribution < -0.4 is 9.47 Å². The van der Waals surface area contributed by atoms with E-state index in [-0.39, 0.29) is 11.4 Å². The number of carbonyl (C=O) groups is 1. The molecule has 0 fully saturated rings. The molecule has 1 atom stereocenters. The Morgan fingerprint density at radius 3 is 2.32 bits per heavy atom. The normalized spacial score (nSPS) is 11.5. The molecule has 2 aromatic rings. The maximum atomic E-state index is 10.9. The van der Waals surface area contributed by atoms with Crippen molar-refractivity contribution >= 4 is 11.7 Å². The fourth-order valence-electron chi connectivity index (χ4n) is 1.66. The van der Waals surface area contributed by atoms with E-state index >= 15 is 0 Å². The summed E-state index contributed by atoms with van der Waals surface area (Å²) >= 11 is 0. The molecule has 0 aliphatic rings. The van der Waals surface area contributed by atoms with Gasteiger partial charge >= 0.3 is 11.7 Å². The molecule has 1 unspecified atom stereocenters. The molecule has 0 spiro atoms. The Morgan fingerprint density at radius 2 is 1.73 bits per heavy atom. The summed E-state index contributed by atoms with van der Waals surface area (Å²) in [6.07, 6.45) is -0.970. The van der Waals surface area contributed by atoms with E-state index in [9.17, 15) is 14.9 Å². The Kier molecular flexibility index (Phi) is 4.57. The fraction of sp³-hybridized carbons (Fsp3) is 0.133. The van der Waals surface area contributed by atoms with Crippen LogP contribution in [0.4, 0.5) is 5.69 Å². The minimum absolute atomic E-state index is 0.125. The van der Waals surface area contributed by atoms with Crippen molar-refractivity contribution in [1.29, 1.82) is 0 Å². The SMILES string of the molecule is CC(Oc1ccc(Oc2ccccc2[N+](=O)[O-])cc1)C(=O)O. The second kappa shape index (κ2) is 6.57. The number of hydrogen-bond acceptors (Lipinski definition) is 5. The number of hydrogen-bond donors (Lipinski definition) is 1. The fourth-order valence-corrected chi connectivity index (χ4v) is 1.66. The van der Waals surface area contributed by atoms with Gasteiger partial charge in [-0.3, -0.25) is 10.1 Å². The van der Waals surface area contributed by atoms with Gasteiger partial charge in [0.15, 0.2) is 6.10 Å². The first kappa shape index (κ1) is 15.3. The molecule has 0 amide bonds. The summed E-state index contributed by atoms with van der Waals surface area (Å²) in [7, 11) is 0. The molecule has 0 saturated carbocycles. The minimum atomic E-state index is -1.07. The summed E-state index contributed by atoms with van der Waals surface area (Å²) in [5, 5.41) is 19.7. The van der Waals surface area contributed by atoms with Crippen molar-refractivity contribution in [2.45, 2.75) is 13.0 Å². The van der Waals surface area contributed by atoms with Gasteiger partial charge < -0.3 is 14.6 Å². The zero-order valence-electron chi connectivity index (χ0n) is 11.6. The largest absolute Gasteiger partial charge is 0.479 e. The van der Waals surface area contributed by atoms with Crippen LogP contribution in [0.15, 0.2) is 48.5 Å². The molecular formula is C15H13NO6. The number of aliphatic carboxylic acids is 1. The maximum Gasteiger partial charge on any atom is 0.344 e. The van der Waals surface area contributed by atoms with Crippen molar-refractivity contribution in [2.75, 3.05) is 0 Å². The van der Waals surface area contributed by atoms with Crippen molar-refractivity contribution in [3.63, 3.8) is 0 Å². The van der Waals surface area contributed by atoms with Crippen LogP contribution in [0.2, 0.25) is 0 Å². The number of nitrogens with zero attached hydrogens (tertiary/aromatic N) is 1. The molecule has 0 saturated heterocycles. The average molecular weight is 303 g/mol. The third-order valence-electron chi connectivity index (χ3n) is 2.77. The summed E-state index contributed by atoms with van der Waals surface area (Å²) in [6.45, 7) is 1.42. The highest BCUT2D eigenvalue weighted by atomic mass is 16.6. The van der Waals surface area contributed by atoms with E-state index in [1.807, 2.05) is 0 Å². The van der Waals surface area contributed by atoms with Crippen LogP contribution in [0.5, 0.6) is 17.2 Å². The van der Waals surface area contributed by atoms with E-state index < -0.39 is 17.0 Å². The molecule has 22 heavy (non-hydrogen) atoms. The van der Waals surface area contributed by atoms with Gasteiger partial charge in [0, 0.05) is 6.07 Å². The van der Waals surface area contributed by atoms with Crippen LogP contribution in [0.3, 0.4) is 0 Å². The predicted molar refractivity (Wildman–Crippen MR) is 77.3 cm³/mol. The first-order valence-corrected chi connectivity index (χ1v) is 6.38. The third-order valence-corrected chi connectivity index (χ3v) is 2.77. The first-order chi connectivity index (χ1) is 10.5. The summed E-state index contributed by atoms with van der Waals surface area (Å²) in [5.74, 6) is -0.199. The molecule has 7 nitrogen and oxygen atoms in total. The van der Waals surface area contributed by atoms with Gasteiger partial charge in [-0.15, -0.1) is 0 Å². The number of carboxylic acids is 1. The minimum Gasteiger partial charge on any atom is -0.479 e. The Hall–Kier alpha value is -3.09. The molecule has 0 heterocycles. The number of para-hydroxylation sites is 2. The van der Waals surface area contributed by atoms with Gasteiger partial charge in [0.2, 0.25) is 5.75 Å². The van der Waals surface area contributed by atoms with Gasteiger partial charge in [-0.2, -0.15) is 0 Å². The Labute approximate surface area is 125 Å². The number of ether oxygens (including phenoxy) is 2. The molecule has 7 heteroatoms. The second-order valence-corrected chi connectivity index (χ2v) is 4.40. The van der Waals surface area contributed by atoms with Crippen LogP contribution in [0.1, 0.15) is 6.92 Å². The highest BCUT2D eigenvalue weighted by Gasteiger charge is 2.15. The highest BCUT2D eigenvalue weighted by molar-refractivity contribution is 5.72. The summed E-state index contributed by atoms with van der Waals surface area (Å²) in [6, 6.07) is 12.2. The van der Waals surface area contributed by atoms with Crippen LogP contribution in [-0.2, 0) is 4.79 Å². The molecule has 0 bridgehead atoms. The monoisotopic (exact) mass is 303 g/mol. The third kappa shape index (κ3) is 3.72. The quantitative estimate of drug-likeness (QED) is 0.649. The number of carboxylic acid groups (broad SMARTS) is 1. The lowest BCUT2D eigenvalue weighted by atomic mass is 10.3. The zero-order valence-corrected chi connectivity index (χ0v) is 11.6. The first-order valence-electron chi connectivity index (χ1n) is 6.38. The van der Waals surface area contributed by atoms with Crippen molar-refractivity contribution in [3.8, 4) is 17.2 Å². The van der Waals surface area contributed by atoms with Gasteiger partial charge in [-0.05, 0) is 37.3 Å². The Bertz CT molecular complexity index is 683. The van der Waals surface area contributed by atoms with E-state index in [4.69, 9.17) is 14.6 Å². The predicted octanol–water partition coefficient (Wildman–Crippen LogP) is 3.24. The number of rotatable bonds is 6. The topological polar surface area (TPSA) is 98.9 Å². The van der Waals surface area contributed by atoms with Crippen LogP contribution in [-0.4, -0.2) is 22.1 Å². The molecule has 1 N–H and O–H groups in total. The van der Waals surface area contributed by atoms with E-state index in [1.165, 1.54) is 31.2 Å². The van der Waals surface area contributed by atoms with E-state index in [0.717, 1.165) is 0 Å². The van der Waals surface area contributed by atoms with E-state index in [0.29, 0.717) is 11.5 Å². The summed E-state index contributed by atoms with van der Waals surface area (Å²) < 4.78 is 10.6. The zero-order chi connectivity index (χ0) is 16.1. The van der Waals surface area contributed by atoms with Crippen molar-refractivity contribution in [2.24, 2.45) is 0 Å². The number of nitro groups is 1. The number of nitro benzene ring substituents is 1. The van der Waals surface area contributed by atoms with E-state index in [1.54, 1.807) is 24.3 Å².